The van der Waals surface area contributed by atoms with Crippen LogP contribution >= 0.6 is 0 Å². The standard InChI is InChI=1S/C12H23N5O/c1-9(2)17-11(14-8-15-17)7-10(16-13)12(3)5-4-6-18-12/h8-10,16H,4-7,13H2,1-3H3. The Hall–Kier alpha value is -0.980. The number of nitrogens with two attached hydrogens (primary N) is 1. The molecule has 2 heterocycles. The third-order valence-corrected chi connectivity index (χ3v) is 3.71. The number of hydrogen-bond donors (Lipinski definition) is 2. The van der Waals surface area contributed by atoms with Gasteiger partial charge in [-0.1, -0.05) is 0 Å². The van der Waals surface area contributed by atoms with Gasteiger partial charge in [0, 0.05) is 19.1 Å². The molecule has 1 aromatic rings. The minimum absolute atomic E-state index is 0.0571. The van der Waals surface area contributed by atoms with Crippen LogP contribution in [0.2, 0.25) is 0 Å². The third kappa shape index (κ3) is 2.55. The minimum atomic E-state index is -0.206. The average Bonchev–Trinajstić information content (AvgIpc) is 2.95. The monoisotopic (exact) mass is 253 g/mol. The van der Waals surface area contributed by atoms with Gasteiger partial charge >= 0.3 is 0 Å². The topological polar surface area (TPSA) is 78.0 Å². The molecule has 6 heteroatoms. The second kappa shape index (κ2) is 5.34. The van der Waals surface area contributed by atoms with Gasteiger partial charge in [0.05, 0.1) is 11.6 Å². The first-order valence-corrected chi connectivity index (χ1v) is 6.55. The summed E-state index contributed by atoms with van der Waals surface area (Å²) in [6.07, 6.45) is 4.44. The Kier molecular flexibility index (Phi) is 3.99. The smallest absolute Gasteiger partial charge is 0.138 e. The predicted molar refractivity (Wildman–Crippen MR) is 68.8 cm³/mol. The highest BCUT2D eigenvalue weighted by Crippen LogP contribution is 2.29. The lowest BCUT2D eigenvalue weighted by molar-refractivity contribution is -0.0123. The molecule has 0 aromatic carbocycles. The summed E-state index contributed by atoms with van der Waals surface area (Å²) < 4.78 is 7.78. The van der Waals surface area contributed by atoms with Crippen molar-refractivity contribution in [1.82, 2.24) is 20.2 Å². The molecule has 1 saturated heterocycles. The average molecular weight is 253 g/mol. The Morgan fingerprint density at radius 3 is 2.94 bits per heavy atom. The van der Waals surface area contributed by atoms with Gasteiger partial charge in [0.15, 0.2) is 0 Å². The molecule has 2 atom stereocenters. The van der Waals surface area contributed by atoms with E-state index in [2.05, 4.69) is 36.3 Å². The lowest BCUT2D eigenvalue weighted by Gasteiger charge is -2.32. The van der Waals surface area contributed by atoms with Crippen molar-refractivity contribution in [2.24, 2.45) is 5.84 Å². The molecular formula is C12H23N5O. The summed E-state index contributed by atoms with van der Waals surface area (Å²) in [7, 11) is 0. The zero-order valence-electron chi connectivity index (χ0n) is 11.4. The van der Waals surface area contributed by atoms with Gasteiger partial charge in [0.1, 0.15) is 12.2 Å². The number of aromatic nitrogens is 3. The maximum Gasteiger partial charge on any atom is 0.138 e. The summed E-state index contributed by atoms with van der Waals surface area (Å²) in [4.78, 5) is 4.33. The Morgan fingerprint density at radius 1 is 1.61 bits per heavy atom. The van der Waals surface area contributed by atoms with Crippen LogP contribution in [0.4, 0.5) is 0 Å². The Morgan fingerprint density at radius 2 is 2.39 bits per heavy atom. The maximum atomic E-state index is 5.84. The molecule has 18 heavy (non-hydrogen) atoms. The van der Waals surface area contributed by atoms with E-state index < -0.39 is 0 Å². The minimum Gasteiger partial charge on any atom is -0.374 e. The number of nitrogens with zero attached hydrogens (tertiary/aromatic N) is 3. The largest absolute Gasteiger partial charge is 0.374 e. The van der Waals surface area contributed by atoms with Crippen molar-refractivity contribution in [3.63, 3.8) is 0 Å². The van der Waals surface area contributed by atoms with Gasteiger partial charge in [0.2, 0.25) is 0 Å². The summed E-state index contributed by atoms with van der Waals surface area (Å²) in [5.74, 6) is 6.64. The van der Waals surface area contributed by atoms with E-state index in [4.69, 9.17) is 10.6 Å². The fourth-order valence-electron chi connectivity index (χ4n) is 2.56. The van der Waals surface area contributed by atoms with Crippen LogP contribution < -0.4 is 11.3 Å². The summed E-state index contributed by atoms with van der Waals surface area (Å²) >= 11 is 0. The zero-order chi connectivity index (χ0) is 13.2. The second-order valence-electron chi connectivity index (χ2n) is 5.40. The number of hydrazine groups is 1. The van der Waals surface area contributed by atoms with Crippen molar-refractivity contribution in [2.45, 2.75) is 57.7 Å². The molecule has 3 N–H and O–H groups in total. The summed E-state index contributed by atoms with van der Waals surface area (Å²) in [6.45, 7) is 7.11. The molecule has 0 radical (unpaired) electrons. The molecule has 1 aliphatic heterocycles. The maximum absolute atomic E-state index is 5.84. The van der Waals surface area contributed by atoms with E-state index in [1.54, 1.807) is 6.33 Å². The molecule has 0 saturated carbocycles. The number of hydrogen-bond acceptors (Lipinski definition) is 5. The lowest BCUT2D eigenvalue weighted by Crippen LogP contribution is -2.53. The fraction of sp³-hybridized carbons (Fsp3) is 0.833. The van der Waals surface area contributed by atoms with Crippen molar-refractivity contribution in [1.29, 1.82) is 0 Å². The van der Waals surface area contributed by atoms with Gasteiger partial charge in [-0.25, -0.2) is 9.67 Å². The van der Waals surface area contributed by atoms with Gasteiger partial charge in [0.25, 0.3) is 0 Å². The molecule has 6 nitrogen and oxygen atoms in total. The van der Waals surface area contributed by atoms with Gasteiger partial charge < -0.3 is 4.74 Å². The van der Waals surface area contributed by atoms with Crippen LogP contribution in [0, 0.1) is 0 Å². The first kappa shape index (κ1) is 13.5. The van der Waals surface area contributed by atoms with E-state index in [0.29, 0.717) is 6.04 Å². The van der Waals surface area contributed by atoms with Crippen molar-refractivity contribution >= 4 is 0 Å². The van der Waals surface area contributed by atoms with Gasteiger partial charge in [-0.15, -0.1) is 0 Å². The van der Waals surface area contributed by atoms with Gasteiger partial charge in [-0.05, 0) is 33.6 Å². The lowest BCUT2D eigenvalue weighted by atomic mass is 9.91. The van der Waals surface area contributed by atoms with Crippen molar-refractivity contribution in [3.8, 4) is 0 Å². The summed E-state index contributed by atoms with van der Waals surface area (Å²) in [6, 6.07) is 0.361. The summed E-state index contributed by atoms with van der Waals surface area (Å²) in [5.41, 5.74) is 2.68. The molecule has 1 fully saturated rings. The van der Waals surface area contributed by atoms with E-state index in [1.807, 2.05) is 4.68 Å². The predicted octanol–water partition coefficient (Wildman–Crippen LogP) is 0.802. The van der Waals surface area contributed by atoms with E-state index in [1.165, 1.54) is 0 Å². The van der Waals surface area contributed by atoms with Gasteiger partial charge in [-0.2, -0.15) is 5.10 Å². The van der Waals surface area contributed by atoms with E-state index in [9.17, 15) is 0 Å². The number of nitrogens with one attached hydrogen (secondary N) is 1. The first-order valence-electron chi connectivity index (χ1n) is 6.55. The van der Waals surface area contributed by atoms with Crippen LogP contribution in [0.5, 0.6) is 0 Å². The fourth-order valence-corrected chi connectivity index (χ4v) is 2.56. The second-order valence-corrected chi connectivity index (χ2v) is 5.40. The Bertz CT molecular complexity index is 384. The van der Waals surface area contributed by atoms with Gasteiger partial charge in [-0.3, -0.25) is 11.3 Å². The molecule has 0 amide bonds. The van der Waals surface area contributed by atoms with Crippen molar-refractivity contribution in [2.75, 3.05) is 6.61 Å². The van der Waals surface area contributed by atoms with Crippen LogP contribution in [-0.2, 0) is 11.2 Å². The Balaban J connectivity index is 2.12. The SMILES string of the molecule is CC(C)n1ncnc1CC(NN)C1(C)CCCO1. The molecule has 0 spiro atoms. The first-order chi connectivity index (χ1) is 8.57. The van der Waals surface area contributed by atoms with Crippen molar-refractivity contribution < 1.29 is 4.74 Å². The van der Waals surface area contributed by atoms with Crippen molar-refractivity contribution in [3.05, 3.63) is 12.2 Å². The van der Waals surface area contributed by atoms with E-state index >= 15 is 0 Å². The molecular weight excluding hydrogens is 230 g/mol. The van der Waals surface area contributed by atoms with E-state index in [-0.39, 0.29) is 11.6 Å². The molecule has 102 valence electrons. The highest BCUT2D eigenvalue weighted by Gasteiger charge is 2.38. The third-order valence-electron chi connectivity index (χ3n) is 3.71. The Labute approximate surface area is 108 Å². The normalized spacial score (nSPS) is 25.8. The van der Waals surface area contributed by atoms with E-state index in [0.717, 1.165) is 31.7 Å². The van der Waals surface area contributed by atoms with Crippen LogP contribution in [0.3, 0.4) is 0 Å². The van der Waals surface area contributed by atoms with Crippen LogP contribution in [0.1, 0.15) is 45.5 Å². The number of ether oxygens (including phenoxy) is 1. The molecule has 1 aromatic heterocycles. The zero-order valence-corrected chi connectivity index (χ0v) is 11.4. The molecule has 1 aliphatic rings. The van der Waals surface area contributed by atoms with Crippen LogP contribution in [-0.4, -0.2) is 33.0 Å². The molecule has 0 bridgehead atoms. The number of rotatable bonds is 5. The quantitative estimate of drug-likeness (QED) is 0.599. The highest BCUT2D eigenvalue weighted by molar-refractivity contribution is 4.99. The highest BCUT2D eigenvalue weighted by atomic mass is 16.5. The summed E-state index contributed by atoms with van der Waals surface area (Å²) in [5, 5.41) is 4.25. The molecule has 2 unspecified atom stereocenters. The van der Waals surface area contributed by atoms with Crippen LogP contribution in [0.25, 0.3) is 0 Å². The van der Waals surface area contributed by atoms with Crippen LogP contribution in [0.15, 0.2) is 6.33 Å². The molecule has 0 aliphatic carbocycles. The molecule has 2 rings (SSSR count).